The molecule has 120 valence electrons. The zero-order valence-electron chi connectivity index (χ0n) is 12.2. The molecule has 0 unspecified atom stereocenters. The minimum absolute atomic E-state index is 0.0522. The SMILES string of the molecule is O=C(O)C[C@H]1CCCN(C(=O)Cc2cc(F)ccc2F)CC1. The fourth-order valence-corrected chi connectivity index (χ4v) is 2.82. The van der Waals surface area contributed by atoms with Crippen LogP contribution < -0.4 is 0 Å². The van der Waals surface area contributed by atoms with Crippen molar-refractivity contribution in [3.05, 3.63) is 35.4 Å². The van der Waals surface area contributed by atoms with Crippen molar-refractivity contribution in [3.63, 3.8) is 0 Å². The van der Waals surface area contributed by atoms with E-state index in [0.717, 1.165) is 31.0 Å². The number of carbonyl (C=O) groups excluding carboxylic acids is 1. The second-order valence-electron chi connectivity index (χ2n) is 5.69. The average Bonchev–Trinajstić information content (AvgIpc) is 2.68. The van der Waals surface area contributed by atoms with Crippen molar-refractivity contribution in [3.8, 4) is 0 Å². The lowest BCUT2D eigenvalue weighted by atomic mass is 9.97. The Labute approximate surface area is 127 Å². The predicted molar refractivity (Wildman–Crippen MR) is 76.2 cm³/mol. The number of nitrogens with zero attached hydrogens (tertiary/aromatic N) is 1. The highest BCUT2D eigenvalue weighted by molar-refractivity contribution is 5.78. The molecule has 0 radical (unpaired) electrons. The lowest BCUT2D eigenvalue weighted by molar-refractivity contribution is -0.138. The van der Waals surface area contributed by atoms with E-state index in [1.54, 1.807) is 4.90 Å². The van der Waals surface area contributed by atoms with Crippen molar-refractivity contribution in [2.24, 2.45) is 5.92 Å². The Balaban J connectivity index is 1.95. The van der Waals surface area contributed by atoms with E-state index in [0.29, 0.717) is 19.5 Å². The molecule has 1 fully saturated rings. The quantitative estimate of drug-likeness (QED) is 0.930. The average molecular weight is 311 g/mol. The lowest BCUT2D eigenvalue weighted by Gasteiger charge is -2.20. The summed E-state index contributed by atoms with van der Waals surface area (Å²) in [4.78, 5) is 24.6. The monoisotopic (exact) mass is 311 g/mol. The number of carboxylic acid groups (broad SMARTS) is 1. The Morgan fingerprint density at radius 2 is 2.00 bits per heavy atom. The first-order valence-electron chi connectivity index (χ1n) is 7.39. The van der Waals surface area contributed by atoms with Gasteiger partial charge >= 0.3 is 5.97 Å². The van der Waals surface area contributed by atoms with Crippen LogP contribution in [0.15, 0.2) is 18.2 Å². The number of likely N-dealkylation sites (tertiary alicyclic amines) is 1. The summed E-state index contributed by atoms with van der Waals surface area (Å²) in [6.07, 6.45) is 2.07. The summed E-state index contributed by atoms with van der Waals surface area (Å²) in [5, 5.41) is 8.83. The summed E-state index contributed by atoms with van der Waals surface area (Å²) in [5.74, 6) is -2.16. The van der Waals surface area contributed by atoms with Gasteiger partial charge in [-0.3, -0.25) is 9.59 Å². The normalized spacial score (nSPS) is 18.8. The molecule has 1 N–H and O–H groups in total. The van der Waals surface area contributed by atoms with Crippen molar-refractivity contribution in [1.29, 1.82) is 0 Å². The molecule has 2 rings (SSSR count). The molecular weight excluding hydrogens is 292 g/mol. The highest BCUT2D eigenvalue weighted by Crippen LogP contribution is 2.21. The Bertz CT molecular complexity index is 562. The summed E-state index contributed by atoms with van der Waals surface area (Å²) < 4.78 is 26.7. The van der Waals surface area contributed by atoms with E-state index in [-0.39, 0.29) is 30.2 Å². The van der Waals surface area contributed by atoms with Crippen molar-refractivity contribution < 1.29 is 23.5 Å². The Morgan fingerprint density at radius 1 is 1.23 bits per heavy atom. The van der Waals surface area contributed by atoms with Gasteiger partial charge in [0, 0.05) is 25.1 Å². The van der Waals surface area contributed by atoms with Crippen LogP contribution in [-0.2, 0) is 16.0 Å². The van der Waals surface area contributed by atoms with Gasteiger partial charge in [0.2, 0.25) is 5.91 Å². The summed E-state index contributed by atoms with van der Waals surface area (Å²) >= 11 is 0. The van der Waals surface area contributed by atoms with E-state index in [9.17, 15) is 18.4 Å². The van der Waals surface area contributed by atoms with E-state index < -0.39 is 17.6 Å². The van der Waals surface area contributed by atoms with E-state index in [1.807, 2.05) is 0 Å². The first kappa shape index (κ1) is 16.4. The third-order valence-corrected chi connectivity index (χ3v) is 4.01. The molecule has 22 heavy (non-hydrogen) atoms. The first-order valence-corrected chi connectivity index (χ1v) is 7.39. The molecule has 1 atom stereocenters. The van der Waals surface area contributed by atoms with E-state index in [4.69, 9.17) is 5.11 Å². The number of aliphatic carboxylic acids is 1. The van der Waals surface area contributed by atoms with Crippen molar-refractivity contribution >= 4 is 11.9 Å². The Kier molecular flexibility index (Phi) is 5.46. The summed E-state index contributed by atoms with van der Waals surface area (Å²) in [7, 11) is 0. The number of carboxylic acids is 1. The van der Waals surface area contributed by atoms with Crippen LogP contribution in [0.25, 0.3) is 0 Å². The molecule has 0 spiro atoms. The van der Waals surface area contributed by atoms with Gasteiger partial charge < -0.3 is 10.0 Å². The molecule has 0 saturated carbocycles. The maximum atomic E-state index is 13.6. The number of halogens is 2. The van der Waals surface area contributed by atoms with Crippen molar-refractivity contribution in [2.75, 3.05) is 13.1 Å². The Morgan fingerprint density at radius 3 is 2.73 bits per heavy atom. The highest BCUT2D eigenvalue weighted by atomic mass is 19.1. The van der Waals surface area contributed by atoms with Gasteiger partial charge in [-0.15, -0.1) is 0 Å². The molecule has 0 aromatic heterocycles. The molecule has 1 amide bonds. The fourth-order valence-electron chi connectivity index (χ4n) is 2.82. The lowest BCUT2D eigenvalue weighted by Crippen LogP contribution is -2.33. The van der Waals surface area contributed by atoms with Crippen LogP contribution in [0.4, 0.5) is 8.78 Å². The molecule has 1 heterocycles. The molecule has 4 nitrogen and oxygen atoms in total. The topological polar surface area (TPSA) is 57.6 Å². The summed E-state index contributed by atoms with van der Waals surface area (Å²) in [6.45, 7) is 1.000. The molecule has 1 aliphatic rings. The fraction of sp³-hybridized carbons (Fsp3) is 0.500. The van der Waals surface area contributed by atoms with E-state index in [2.05, 4.69) is 0 Å². The molecule has 1 aliphatic heterocycles. The van der Waals surface area contributed by atoms with Gasteiger partial charge in [0.1, 0.15) is 11.6 Å². The van der Waals surface area contributed by atoms with E-state index >= 15 is 0 Å². The van der Waals surface area contributed by atoms with Crippen LogP contribution in [-0.4, -0.2) is 35.0 Å². The van der Waals surface area contributed by atoms with Crippen LogP contribution in [0.3, 0.4) is 0 Å². The Hall–Kier alpha value is -1.98. The van der Waals surface area contributed by atoms with Gasteiger partial charge in [-0.05, 0) is 43.4 Å². The zero-order chi connectivity index (χ0) is 16.1. The maximum Gasteiger partial charge on any atom is 0.303 e. The number of benzene rings is 1. The summed E-state index contributed by atoms with van der Waals surface area (Å²) in [6, 6.07) is 3.08. The van der Waals surface area contributed by atoms with Gasteiger partial charge in [-0.1, -0.05) is 0 Å². The van der Waals surface area contributed by atoms with Crippen LogP contribution >= 0.6 is 0 Å². The minimum atomic E-state index is -0.827. The van der Waals surface area contributed by atoms with Gasteiger partial charge in [0.25, 0.3) is 0 Å². The standard InChI is InChI=1S/C16H19F2NO3/c17-13-3-4-14(18)12(9-13)10-15(20)19-6-1-2-11(5-7-19)8-16(21)22/h3-4,9,11H,1-2,5-8,10H2,(H,21,22)/t11-/m0/s1. The van der Waals surface area contributed by atoms with Gasteiger partial charge in [-0.2, -0.15) is 0 Å². The smallest absolute Gasteiger partial charge is 0.303 e. The number of rotatable bonds is 4. The third-order valence-electron chi connectivity index (χ3n) is 4.01. The van der Waals surface area contributed by atoms with Gasteiger partial charge in [0.15, 0.2) is 0 Å². The maximum absolute atomic E-state index is 13.6. The molecule has 6 heteroatoms. The van der Waals surface area contributed by atoms with Crippen LogP contribution in [0.1, 0.15) is 31.2 Å². The van der Waals surface area contributed by atoms with Crippen molar-refractivity contribution in [1.82, 2.24) is 4.90 Å². The molecule has 1 saturated heterocycles. The molecule has 1 aromatic carbocycles. The number of amides is 1. The molecule has 1 aromatic rings. The number of hydrogen-bond donors (Lipinski definition) is 1. The second-order valence-corrected chi connectivity index (χ2v) is 5.69. The minimum Gasteiger partial charge on any atom is -0.481 e. The molecule has 0 bridgehead atoms. The van der Waals surface area contributed by atoms with Gasteiger partial charge in [0.05, 0.1) is 6.42 Å². The summed E-state index contributed by atoms with van der Waals surface area (Å²) in [5.41, 5.74) is 0.0522. The van der Waals surface area contributed by atoms with Crippen LogP contribution in [0.2, 0.25) is 0 Å². The zero-order valence-corrected chi connectivity index (χ0v) is 12.2. The van der Waals surface area contributed by atoms with E-state index in [1.165, 1.54) is 0 Å². The first-order chi connectivity index (χ1) is 10.5. The number of hydrogen-bond acceptors (Lipinski definition) is 2. The second kappa shape index (κ2) is 7.33. The molecule has 0 aliphatic carbocycles. The van der Waals surface area contributed by atoms with Crippen LogP contribution in [0.5, 0.6) is 0 Å². The highest BCUT2D eigenvalue weighted by Gasteiger charge is 2.23. The third kappa shape index (κ3) is 4.51. The van der Waals surface area contributed by atoms with Gasteiger partial charge in [-0.25, -0.2) is 8.78 Å². The predicted octanol–water partition coefficient (Wildman–Crippen LogP) is 2.61. The largest absolute Gasteiger partial charge is 0.481 e. The van der Waals surface area contributed by atoms with Crippen LogP contribution in [0, 0.1) is 17.6 Å². The molecular formula is C16H19F2NO3. The van der Waals surface area contributed by atoms with Crippen molar-refractivity contribution in [2.45, 2.75) is 32.1 Å². The number of carbonyl (C=O) groups is 2.